The molecule has 0 aliphatic heterocycles. The fourth-order valence-electron chi connectivity index (χ4n) is 2.49. The summed E-state index contributed by atoms with van der Waals surface area (Å²) in [7, 11) is 0. The first-order chi connectivity index (χ1) is 12.5. The number of benzene rings is 3. The molecule has 3 nitrogen and oxygen atoms in total. The van der Waals surface area contributed by atoms with Gasteiger partial charge in [0.1, 0.15) is 0 Å². The predicted octanol–water partition coefficient (Wildman–Crippen LogP) is 5.79. The fraction of sp³-hybridized carbons (Fsp3) is 0.0476. The zero-order valence-electron chi connectivity index (χ0n) is 13.9. The topological polar surface area (TPSA) is 46.2 Å². The Bertz CT molecular complexity index is 985. The first kappa shape index (κ1) is 18.2. The molecule has 0 heterocycles. The molecule has 0 saturated heterocycles. The van der Waals surface area contributed by atoms with Gasteiger partial charge < -0.3 is 5.32 Å². The third kappa shape index (κ3) is 3.96. The Balaban J connectivity index is 1.94. The Labute approximate surface area is 161 Å². The number of ketones is 1. The van der Waals surface area contributed by atoms with Crippen molar-refractivity contribution in [3.8, 4) is 0 Å². The largest absolute Gasteiger partial charge is 0.321 e. The lowest BCUT2D eigenvalue weighted by atomic mass is 10.0. The molecule has 3 aromatic rings. The van der Waals surface area contributed by atoms with Gasteiger partial charge >= 0.3 is 0 Å². The summed E-state index contributed by atoms with van der Waals surface area (Å²) in [6.45, 7) is 1.86. The molecule has 1 N–H and O–H groups in total. The van der Waals surface area contributed by atoms with Crippen LogP contribution in [0.1, 0.15) is 31.8 Å². The number of aryl methyl sites for hydroxylation is 1. The summed E-state index contributed by atoms with van der Waals surface area (Å²) in [5, 5.41) is 3.70. The number of carbonyl (C=O) groups excluding carboxylic acids is 2. The average Bonchev–Trinajstić information content (AvgIpc) is 2.65. The molecule has 3 rings (SSSR count). The Kier molecular flexibility index (Phi) is 5.40. The quantitative estimate of drug-likeness (QED) is 0.579. The summed E-state index contributed by atoms with van der Waals surface area (Å²) in [5.41, 5.74) is 2.53. The molecule has 1 amide bonds. The molecular weight excluding hydrogens is 369 g/mol. The highest BCUT2D eigenvalue weighted by molar-refractivity contribution is 6.32. The Morgan fingerprint density at radius 2 is 1.58 bits per heavy atom. The van der Waals surface area contributed by atoms with Gasteiger partial charge in [-0.2, -0.15) is 0 Å². The smallest absolute Gasteiger partial charge is 0.255 e. The summed E-state index contributed by atoms with van der Waals surface area (Å²) in [5.74, 6) is -0.568. The first-order valence-corrected chi connectivity index (χ1v) is 8.68. The average molecular weight is 384 g/mol. The van der Waals surface area contributed by atoms with E-state index < -0.39 is 0 Å². The highest BCUT2D eigenvalue weighted by atomic mass is 35.5. The van der Waals surface area contributed by atoms with Crippen molar-refractivity contribution in [2.75, 3.05) is 5.32 Å². The van der Waals surface area contributed by atoms with E-state index in [4.69, 9.17) is 23.2 Å². The van der Waals surface area contributed by atoms with E-state index in [0.29, 0.717) is 32.4 Å². The summed E-state index contributed by atoms with van der Waals surface area (Å²) in [6, 6.07) is 18.7. The predicted molar refractivity (Wildman–Crippen MR) is 105 cm³/mol. The fourth-order valence-corrected chi connectivity index (χ4v) is 2.84. The lowest BCUT2D eigenvalue weighted by Gasteiger charge is -2.12. The second kappa shape index (κ2) is 7.73. The van der Waals surface area contributed by atoms with Crippen molar-refractivity contribution in [2.24, 2.45) is 0 Å². The van der Waals surface area contributed by atoms with E-state index in [1.807, 2.05) is 13.0 Å². The highest BCUT2D eigenvalue weighted by Crippen LogP contribution is 2.25. The monoisotopic (exact) mass is 383 g/mol. The van der Waals surface area contributed by atoms with Gasteiger partial charge in [0, 0.05) is 26.7 Å². The van der Waals surface area contributed by atoms with Crippen LogP contribution in [-0.4, -0.2) is 11.7 Å². The number of amides is 1. The Hall–Kier alpha value is -2.62. The van der Waals surface area contributed by atoms with Crippen molar-refractivity contribution >= 4 is 40.6 Å². The molecule has 130 valence electrons. The lowest BCUT2D eigenvalue weighted by Crippen LogP contribution is -2.15. The van der Waals surface area contributed by atoms with Gasteiger partial charge in [-0.3, -0.25) is 9.59 Å². The van der Waals surface area contributed by atoms with Gasteiger partial charge in [0.2, 0.25) is 0 Å². The van der Waals surface area contributed by atoms with Gasteiger partial charge in [-0.25, -0.2) is 0 Å². The van der Waals surface area contributed by atoms with Crippen LogP contribution >= 0.6 is 23.2 Å². The number of nitrogens with one attached hydrogen (secondary N) is 1. The normalized spacial score (nSPS) is 10.4. The van der Waals surface area contributed by atoms with Crippen molar-refractivity contribution < 1.29 is 9.59 Å². The van der Waals surface area contributed by atoms with Gasteiger partial charge in [0.25, 0.3) is 5.91 Å². The van der Waals surface area contributed by atoms with Crippen LogP contribution < -0.4 is 5.32 Å². The number of hydrogen-bond acceptors (Lipinski definition) is 2. The van der Waals surface area contributed by atoms with Crippen molar-refractivity contribution in [2.45, 2.75) is 6.92 Å². The third-order valence-corrected chi connectivity index (χ3v) is 4.59. The maximum atomic E-state index is 12.8. The highest BCUT2D eigenvalue weighted by Gasteiger charge is 2.17. The van der Waals surface area contributed by atoms with Crippen LogP contribution in [0.5, 0.6) is 0 Å². The molecule has 5 heteroatoms. The zero-order chi connectivity index (χ0) is 18.7. The zero-order valence-corrected chi connectivity index (χ0v) is 15.4. The van der Waals surface area contributed by atoms with Crippen molar-refractivity contribution in [3.05, 3.63) is 99.0 Å². The second-order valence-electron chi connectivity index (χ2n) is 5.80. The molecule has 0 spiro atoms. The van der Waals surface area contributed by atoms with E-state index in [9.17, 15) is 9.59 Å². The molecule has 0 saturated carbocycles. The second-order valence-corrected chi connectivity index (χ2v) is 6.65. The van der Waals surface area contributed by atoms with Crippen LogP contribution in [0.2, 0.25) is 10.0 Å². The standard InChI is InChI=1S/C21H15Cl2NO2/c1-13-7-8-15(11-18(13)23)21(26)24-19-10-9-16(22)12-17(19)20(25)14-5-3-2-4-6-14/h2-12H,1H3,(H,24,26). The summed E-state index contributed by atoms with van der Waals surface area (Å²) in [6.07, 6.45) is 0. The number of rotatable bonds is 4. The van der Waals surface area contributed by atoms with Crippen LogP contribution in [0.4, 0.5) is 5.69 Å². The molecular formula is C21H15Cl2NO2. The van der Waals surface area contributed by atoms with E-state index in [0.717, 1.165) is 5.56 Å². The van der Waals surface area contributed by atoms with E-state index in [1.54, 1.807) is 60.7 Å². The van der Waals surface area contributed by atoms with E-state index >= 15 is 0 Å². The maximum absolute atomic E-state index is 12.8. The number of hydrogen-bond donors (Lipinski definition) is 1. The molecule has 0 atom stereocenters. The minimum Gasteiger partial charge on any atom is -0.321 e. The number of anilines is 1. The molecule has 0 fully saturated rings. The maximum Gasteiger partial charge on any atom is 0.255 e. The summed E-state index contributed by atoms with van der Waals surface area (Å²) < 4.78 is 0. The number of halogens is 2. The minimum absolute atomic E-state index is 0.217. The molecule has 0 aromatic heterocycles. The third-order valence-electron chi connectivity index (χ3n) is 3.94. The van der Waals surface area contributed by atoms with Crippen molar-refractivity contribution in [3.63, 3.8) is 0 Å². The van der Waals surface area contributed by atoms with Gasteiger partial charge in [-0.15, -0.1) is 0 Å². The van der Waals surface area contributed by atoms with Crippen LogP contribution in [-0.2, 0) is 0 Å². The molecule has 0 radical (unpaired) electrons. The van der Waals surface area contributed by atoms with E-state index in [1.165, 1.54) is 0 Å². The summed E-state index contributed by atoms with van der Waals surface area (Å²) in [4.78, 5) is 25.4. The first-order valence-electron chi connectivity index (χ1n) is 7.92. The number of carbonyl (C=O) groups is 2. The summed E-state index contributed by atoms with van der Waals surface area (Å²) >= 11 is 12.1. The minimum atomic E-state index is -0.351. The Morgan fingerprint density at radius 1 is 0.846 bits per heavy atom. The molecule has 0 unspecified atom stereocenters. The SMILES string of the molecule is Cc1ccc(C(=O)Nc2ccc(Cl)cc2C(=O)c2ccccc2)cc1Cl. The van der Waals surface area contributed by atoms with Crippen LogP contribution in [0.15, 0.2) is 66.7 Å². The van der Waals surface area contributed by atoms with Crippen molar-refractivity contribution in [1.29, 1.82) is 0 Å². The van der Waals surface area contributed by atoms with Crippen LogP contribution in [0, 0.1) is 6.92 Å². The molecule has 0 aliphatic rings. The van der Waals surface area contributed by atoms with Gasteiger partial charge in [0.05, 0.1) is 5.69 Å². The van der Waals surface area contributed by atoms with Crippen LogP contribution in [0.3, 0.4) is 0 Å². The van der Waals surface area contributed by atoms with Crippen LogP contribution in [0.25, 0.3) is 0 Å². The van der Waals surface area contributed by atoms with E-state index in [2.05, 4.69) is 5.32 Å². The Morgan fingerprint density at radius 3 is 2.27 bits per heavy atom. The van der Waals surface area contributed by atoms with Gasteiger partial charge in [0.15, 0.2) is 5.78 Å². The molecule has 26 heavy (non-hydrogen) atoms. The van der Waals surface area contributed by atoms with E-state index in [-0.39, 0.29) is 11.7 Å². The molecule has 0 aliphatic carbocycles. The van der Waals surface area contributed by atoms with Gasteiger partial charge in [-0.05, 0) is 42.8 Å². The lowest BCUT2D eigenvalue weighted by molar-refractivity contribution is 0.102. The van der Waals surface area contributed by atoms with Gasteiger partial charge in [-0.1, -0.05) is 59.6 Å². The molecule has 0 bridgehead atoms. The van der Waals surface area contributed by atoms with Crippen molar-refractivity contribution in [1.82, 2.24) is 0 Å². The molecule has 3 aromatic carbocycles.